The Hall–Kier alpha value is -0.720. The van der Waals surface area contributed by atoms with Gasteiger partial charge in [-0.15, -0.1) is 0 Å². The van der Waals surface area contributed by atoms with E-state index >= 15 is 0 Å². The highest BCUT2D eigenvalue weighted by Crippen LogP contribution is 2.32. The molecule has 0 unspecified atom stereocenters. The van der Waals surface area contributed by atoms with Crippen molar-refractivity contribution in [2.24, 2.45) is 4.99 Å². The molecule has 0 aliphatic carbocycles. The highest BCUT2D eigenvalue weighted by molar-refractivity contribution is 8.00. The number of aliphatic imine (C=N–C) groups is 1. The molecule has 0 saturated carbocycles. The molecule has 0 aromatic heterocycles. The van der Waals surface area contributed by atoms with Crippen LogP contribution in [0, 0.1) is 0 Å². The zero-order valence-corrected chi connectivity index (χ0v) is 16.4. The summed E-state index contributed by atoms with van der Waals surface area (Å²) in [5, 5.41) is 7.17. The Morgan fingerprint density at radius 1 is 1.33 bits per heavy atom. The average molecular weight is 355 g/mol. The molecule has 2 aliphatic heterocycles. The third-order valence-corrected chi connectivity index (χ3v) is 6.48. The summed E-state index contributed by atoms with van der Waals surface area (Å²) < 4.78 is 5.80. The fourth-order valence-corrected chi connectivity index (χ4v) is 4.24. The van der Waals surface area contributed by atoms with Crippen molar-refractivity contribution in [1.29, 1.82) is 0 Å². The number of hydrogen-bond donors (Lipinski definition) is 2. The second kappa shape index (κ2) is 9.68. The molecule has 5 nitrogen and oxygen atoms in total. The van der Waals surface area contributed by atoms with Crippen LogP contribution < -0.4 is 10.6 Å². The number of likely N-dealkylation sites (tertiary alicyclic amines) is 1. The quantitative estimate of drug-likeness (QED) is 0.435. The summed E-state index contributed by atoms with van der Waals surface area (Å²) in [5.41, 5.74) is 1.25. The molecule has 0 radical (unpaired) electrons. The molecule has 0 amide bonds. The van der Waals surface area contributed by atoms with Gasteiger partial charge in [-0.3, -0.25) is 9.89 Å². The number of hydrogen-bond acceptors (Lipinski definition) is 4. The molecule has 2 N–H and O–H groups in total. The molecule has 0 bridgehead atoms. The second-order valence-corrected chi connectivity index (χ2v) is 8.35. The summed E-state index contributed by atoms with van der Waals surface area (Å²) in [4.78, 5) is 6.91. The van der Waals surface area contributed by atoms with Gasteiger partial charge in [-0.25, -0.2) is 0 Å². The topological polar surface area (TPSA) is 48.9 Å². The highest BCUT2D eigenvalue weighted by Gasteiger charge is 2.32. The van der Waals surface area contributed by atoms with Crippen LogP contribution in [-0.2, 0) is 4.74 Å². The zero-order chi connectivity index (χ0) is 17.4. The molecule has 138 valence electrons. The lowest BCUT2D eigenvalue weighted by Gasteiger charge is -2.37. The molecule has 6 heteroatoms. The van der Waals surface area contributed by atoms with E-state index in [0.717, 1.165) is 71.0 Å². The molecule has 2 saturated heterocycles. The van der Waals surface area contributed by atoms with Gasteiger partial charge in [-0.1, -0.05) is 12.2 Å². The van der Waals surface area contributed by atoms with Gasteiger partial charge in [0.05, 0.1) is 0 Å². The van der Waals surface area contributed by atoms with Gasteiger partial charge >= 0.3 is 0 Å². The Morgan fingerprint density at radius 2 is 2.00 bits per heavy atom. The van der Waals surface area contributed by atoms with E-state index in [1.165, 1.54) is 5.57 Å². The van der Waals surface area contributed by atoms with Crippen molar-refractivity contribution >= 4 is 17.7 Å². The van der Waals surface area contributed by atoms with Gasteiger partial charge < -0.3 is 15.4 Å². The lowest BCUT2D eigenvalue weighted by molar-refractivity contribution is 0.0782. The number of nitrogens with zero attached hydrogens (tertiary/aromatic N) is 2. The van der Waals surface area contributed by atoms with E-state index in [1.54, 1.807) is 0 Å². The van der Waals surface area contributed by atoms with Gasteiger partial charge in [0.15, 0.2) is 5.96 Å². The van der Waals surface area contributed by atoms with Crippen LogP contribution in [0.1, 0.15) is 32.6 Å². The molecule has 2 heterocycles. The van der Waals surface area contributed by atoms with E-state index in [9.17, 15) is 0 Å². The summed E-state index contributed by atoms with van der Waals surface area (Å²) >= 11 is 1.96. The maximum Gasteiger partial charge on any atom is 0.191 e. The van der Waals surface area contributed by atoms with Crippen LogP contribution in [-0.4, -0.2) is 74.3 Å². The van der Waals surface area contributed by atoms with Gasteiger partial charge in [-0.2, -0.15) is 11.8 Å². The van der Waals surface area contributed by atoms with E-state index in [2.05, 4.69) is 40.3 Å². The maximum atomic E-state index is 5.52. The summed E-state index contributed by atoms with van der Waals surface area (Å²) in [7, 11) is 1.86. The summed E-state index contributed by atoms with van der Waals surface area (Å²) in [6.45, 7) is 12.1. The van der Waals surface area contributed by atoms with Crippen molar-refractivity contribution in [3.05, 3.63) is 12.2 Å². The predicted octanol–water partition coefficient (Wildman–Crippen LogP) is 2.10. The third kappa shape index (κ3) is 5.97. The smallest absolute Gasteiger partial charge is 0.191 e. The molecule has 2 rings (SSSR count). The van der Waals surface area contributed by atoms with Gasteiger partial charge in [0.1, 0.15) is 0 Å². The Kier molecular flexibility index (Phi) is 7.91. The van der Waals surface area contributed by atoms with E-state index in [1.807, 2.05) is 18.8 Å². The summed E-state index contributed by atoms with van der Waals surface area (Å²) in [6, 6.07) is 0.512. The summed E-state index contributed by atoms with van der Waals surface area (Å²) in [5.74, 6) is 0.938. The predicted molar refractivity (Wildman–Crippen MR) is 105 cm³/mol. The zero-order valence-electron chi connectivity index (χ0n) is 15.6. The summed E-state index contributed by atoms with van der Waals surface area (Å²) in [6.07, 6.45) is 6.75. The van der Waals surface area contributed by atoms with Crippen LogP contribution in [0.2, 0.25) is 0 Å². The fourth-order valence-electron chi connectivity index (χ4n) is 3.45. The van der Waals surface area contributed by atoms with Gasteiger partial charge in [0.2, 0.25) is 0 Å². The van der Waals surface area contributed by atoms with Crippen molar-refractivity contribution in [2.45, 2.75) is 43.4 Å². The third-order valence-electron chi connectivity index (χ3n) is 5.06. The highest BCUT2D eigenvalue weighted by atomic mass is 32.2. The molecule has 2 aliphatic rings. The minimum Gasteiger partial charge on any atom is -0.381 e. The molecular weight excluding hydrogens is 320 g/mol. The molecular formula is C18H34N4OS. The number of piperidine rings is 1. The largest absolute Gasteiger partial charge is 0.381 e. The lowest BCUT2D eigenvalue weighted by atomic mass is 9.99. The van der Waals surface area contributed by atoms with Gasteiger partial charge in [0.25, 0.3) is 0 Å². The lowest BCUT2D eigenvalue weighted by Crippen LogP contribution is -2.52. The van der Waals surface area contributed by atoms with Crippen LogP contribution in [0.3, 0.4) is 0 Å². The SMILES string of the molecule is C=C(C)CN1CCC(NC(=NC)NCC2(SC)CCOCC2)CC1. The van der Waals surface area contributed by atoms with Crippen LogP contribution in [0.4, 0.5) is 0 Å². The van der Waals surface area contributed by atoms with Crippen LogP contribution in [0.25, 0.3) is 0 Å². The Morgan fingerprint density at radius 3 is 2.54 bits per heavy atom. The molecule has 0 aromatic rings. The number of thioether (sulfide) groups is 1. The Balaban J connectivity index is 1.75. The van der Waals surface area contributed by atoms with Crippen molar-refractivity contribution in [3.63, 3.8) is 0 Å². The first-order valence-corrected chi connectivity index (χ1v) is 10.3. The van der Waals surface area contributed by atoms with Gasteiger partial charge in [-0.05, 0) is 38.9 Å². The number of ether oxygens (including phenoxy) is 1. The normalized spacial score (nSPS) is 23.0. The van der Waals surface area contributed by atoms with Crippen LogP contribution >= 0.6 is 11.8 Å². The Labute approximate surface area is 151 Å². The Bertz CT molecular complexity index is 427. The minimum absolute atomic E-state index is 0.278. The number of guanidine groups is 1. The first-order valence-electron chi connectivity index (χ1n) is 9.04. The molecule has 0 spiro atoms. The monoisotopic (exact) mass is 354 g/mol. The first-order chi connectivity index (χ1) is 11.6. The average Bonchev–Trinajstić information content (AvgIpc) is 2.60. The molecule has 0 atom stereocenters. The van der Waals surface area contributed by atoms with Crippen molar-refractivity contribution < 1.29 is 4.74 Å². The van der Waals surface area contributed by atoms with Crippen molar-refractivity contribution in [2.75, 3.05) is 52.7 Å². The van der Waals surface area contributed by atoms with Gasteiger partial charge in [0, 0.05) is 57.2 Å². The number of nitrogens with one attached hydrogen (secondary N) is 2. The van der Waals surface area contributed by atoms with Crippen LogP contribution in [0.5, 0.6) is 0 Å². The minimum atomic E-state index is 0.278. The maximum absolute atomic E-state index is 5.52. The van der Waals surface area contributed by atoms with E-state index in [0.29, 0.717) is 6.04 Å². The second-order valence-electron chi connectivity index (χ2n) is 7.08. The van der Waals surface area contributed by atoms with E-state index in [-0.39, 0.29) is 4.75 Å². The number of rotatable bonds is 6. The molecule has 0 aromatic carbocycles. The first kappa shape index (κ1) is 19.6. The van der Waals surface area contributed by atoms with E-state index in [4.69, 9.17) is 4.74 Å². The fraction of sp³-hybridized carbons (Fsp3) is 0.833. The molecule has 24 heavy (non-hydrogen) atoms. The standard InChI is InChI=1S/C18H34N4OS/c1-15(2)13-22-9-5-16(6-10-22)21-17(19-3)20-14-18(24-4)7-11-23-12-8-18/h16H,1,5-14H2,2-4H3,(H2,19,20,21). The van der Waals surface area contributed by atoms with Crippen molar-refractivity contribution in [3.8, 4) is 0 Å². The van der Waals surface area contributed by atoms with Crippen LogP contribution in [0.15, 0.2) is 17.1 Å². The molecule has 2 fully saturated rings. The van der Waals surface area contributed by atoms with E-state index < -0.39 is 0 Å². The van der Waals surface area contributed by atoms with Crippen molar-refractivity contribution in [1.82, 2.24) is 15.5 Å².